The van der Waals surface area contributed by atoms with Gasteiger partial charge in [0.05, 0.1) is 36.5 Å². The van der Waals surface area contributed by atoms with Crippen molar-refractivity contribution >= 4 is 52.7 Å². The van der Waals surface area contributed by atoms with Gasteiger partial charge in [-0.1, -0.05) is 23.7 Å². The van der Waals surface area contributed by atoms with E-state index >= 15 is 0 Å². The van der Waals surface area contributed by atoms with Gasteiger partial charge in [0, 0.05) is 12.6 Å². The number of anilines is 5. The van der Waals surface area contributed by atoms with Crippen LogP contribution in [0, 0.1) is 0 Å². The van der Waals surface area contributed by atoms with Gasteiger partial charge in [-0.2, -0.15) is 4.98 Å². The SMILES string of the molecule is COc1cc2c(cc1Nc1ncc(Cl)c(Nc3ccccc3N(C)SOC(C)C)n1)CCCNC2(C)C. The molecule has 37 heavy (non-hydrogen) atoms. The van der Waals surface area contributed by atoms with Crippen LogP contribution in [0.4, 0.5) is 28.8 Å². The summed E-state index contributed by atoms with van der Waals surface area (Å²) in [7, 11) is 3.62. The van der Waals surface area contributed by atoms with Crippen LogP contribution in [0.3, 0.4) is 0 Å². The summed E-state index contributed by atoms with van der Waals surface area (Å²) < 4.78 is 13.4. The van der Waals surface area contributed by atoms with E-state index in [0.29, 0.717) is 16.8 Å². The van der Waals surface area contributed by atoms with Crippen molar-refractivity contribution in [3.63, 3.8) is 0 Å². The number of hydrogen-bond acceptors (Lipinski definition) is 9. The van der Waals surface area contributed by atoms with E-state index in [9.17, 15) is 0 Å². The zero-order valence-electron chi connectivity index (χ0n) is 22.2. The Labute approximate surface area is 228 Å². The minimum absolute atomic E-state index is 0.102. The molecule has 1 aromatic heterocycles. The van der Waals surface area contributed by atoms with Gasteiger partial charge < -0.3 is 20.7 Å². The molecule has 198 valence electrons. The van der Waals surface area contributed by atoms with Gasteiger partial charge in [-0.15, -0.1) is 0 Å². The number of methoxy groups -OCH3 is 1. The lowest BCUT2D eigenvalue weighted by Crippen LogP contribution is -2.36. The predicted octanol–water partition coefficient (Wildman–Crippen LogP) is 6.82. The summed E-state index contributed by atoms with van der Waals surface area (Å²) in [5, 5.41) is 10.7. The van der Waals surface area contributed by atoms with Crippen LogP contribution in [0.2, 0.25) is 5.02 Å². The van der Waals surface area contributed by atoms with Crippen molar-refractivity contribution in [1.82, 2.24) is 15.3 Å². The number of aryl methyl sites for hydroxylation is 1. The first-order valence-electron chi connectivity index (χ1n) is 12.4. The van der Waals surface area contributed by atoms with Crippen molar-refractivity contribution < 1.29 is 8.92 Å². The summed E-state index contributed by atoms with van der Waals surface area (Å²) in [6.45, 7) is 9.37. The first-order chi connectivity index (χ1) is 17.7. The minimum Gasteiger partial charge on any atom is -0.495 e. The number of fused-ring (bicyclic) bond motifs is 1. The molecule has 8 nitrogen and oxygen atoms in total. The molecule has 2 aromatic carbocycles. The maximum Gasteiger partial charge on any atom is 0.229 e. The van der Waals surface area contributed by atoms with Crippen molar-refractivity contribution in [3.8, 4) is 5.75 Å². The lowest BCUT2D eigenvalue weighted by atomic mass is 9.89. The normalized spacial score (nSPS) is 14.6. The van der Waals surface area contributed by atoms with E-state index in [1.807, 2.05) is 49.5 Å². The van der Waals surface area contributed by atoms with Crippen molar-refractivity contribution in [3.05, 3.63) is 58.7 Å². The Morgan fingerprint density at radius 3 is 2.70 bits per heavy atom. The first-order valence-corrected chi connectivity index (χ1v) is 13.4. The first kappa shape index (κ1) is 27.3. The number of rotatable bonds is 9. The maximum absolute atomic E-state index is 6.50. The molecule has 0 saturated heterocycles. The lowest BCUT2D eigenvalue weighted by Gasteiger charge is -2.28. The Hall–Kier alpha value is -2.72. The van der Waals surface area contributed by atoms with Crippen molar-refractivity contribution in [2.45, 2.75) is 52.2 Å². The van der Waals surface area contributed by atoms with E-state index in [1.54, 1.807) is 13.3 Å². The Balaban J connectivity index is 1.61. The summed E-state index contributed by atoms with van der Waals surface area (Å²) in [6.07, 6.45) is 3.75. The Kier molecular flexibility index (Phi) is 8.69. The number of para-hydroxylation sites is 2. The number of aromatic nitrogens is 2. The highest BCUT2D eigenvalue weighted by Crippen LogP contribution is 2.38. The molecule has 0 spiro atoms. The lowest BCUT2D eigenvalue weighted by molar-refractivity contribution is 0.289. The fourth-order valence-corrected chi connectivity index (χ4v) is 4.94. The van der Waals surface area contributed by atoms with E-state index < -0.39 is 0 Å². The zero-order chi connectivity index (χ0) is 26.6. The molecule has 0 unspecified atom stereocenters. The fraction of sp³-hybridized carbons (Fsp3) is 0.407. The highest BCUT2D eigenvalue weighted by molar-refractivity contribution is 7.96. The van der Waals surface area contributed by atoms with Crippen LogP contribution in [-0.4, -0.2) is 36.8 Å². The van der Waals surface area contributed by atoms with Crippen LogP contribution in [0.1, 0.15) is 45.2 Å². The molecule has 0 bridgehead atoms. The third-order valence-electron chi connectivity index (χ3n) is 6.12. The van der Waals surface area contributed by atoms with Crippen LogP contribution < -0.4 is 25.0 Å². The number of hydrogen-bond donors (Lipinski definition) is 3. The predicted molar refractivity (Wildman–Crippen MR) is 155 cm³/mol. The van der Waals surface area contributed by atoms with Crippen LogP contribution in [0.15, 0.2) is 42.6 Å². The van der Waals surface area contributed by atoms with Gasteiger partial charge in [0.1, 0.15) is 23.0 Å². The summed E-state index contributed by atoms with van der Waals surface area (Å²) >= 11 is 7.78. The Morgan fingerprint density at radius 2 is 1.95 bits per heavy atom. The minimum atomic E-state index is -0.134. The second-order valence-corrected chi connectivity index (χ2v) is 11.0. The summed E-state index contributed by atoms with van der Waals surface area (Å²) in [4.78, 5) is 9.10. The largest absolute Gasteiger partial charge is 0.495 e. The van der Waals surface area contributed by atoms with E-state index in [-0.39, 0.29) is 11.6 Å². The van der Waals surface area contributed by atoms with Crippen LogP contribution in [0.5, 0.6) is 5.75 Å². The molecule has 0 fully saturated rings. The molecule has 0 atom stereocenters. The van der Waals surface area contributed by atoms with E-state index in [1.165, 1.54) is 23.4 Å². The molecule has 0 radical (unpaired) electrons. The third kappa shape index (κ3) is 6.59. The molecule has 10 heteroatoms. The number of nitrogens with zero attached hydrogens (tertiary/aromatic N) is 3. The standard InChI is InChI=1S/C27H35ClN6O2S/c1-17(2)36-37-34(5)23-12-8-7-11-21(23)31-25-20(28)16-29-26(33-25)32-22-14-18-10-9-13-30-27(3,4)19(18)15-24(22)35-6/h7-8,11-12,14-17,30H,9-10,13H2,1-6H3,(H2,29,31,32,33). The second kappa shape index (κ2) is 11.8. The van der Waals surface area contributed by atoms with E-state index in [2.05, 4.69) is 51.9 Å². The zero-order valence-corrected chi connectivity index (χ0v) is 23.8. The molecule has 3 aromatic rings. The molecular formula is C27H35ClN6O2S. The summed E-state index contributed by atoms with van der Waals surface area (Å²) in [5.74, 6) is 1.64. The van der Waals surface area contributed by atoms with Gasteiger partial charge in [0.2, 0.25) is 5.95 Å². The van der Waals surface area contributed by atoms with Gasteiger partial charge >= 0.3 is 0 Å². The molecule has 1 aliphatic rings. The summed E-state index contributed by atoms with van der Waals surface area (Å²) in [5.41, 5.74) is 4.98. The molecule has 0 saturated carbocycles. The topological polar surface area (TPSA) is 83.6 Å². The average molecular weight is 543 g/mol. The second-order valence-electron chi connectivity index (χ2n) is 9.74. The van der Waals surface area contributed by atoms with Gasteiger partial charge in [-0.05, 0) is 82.5 Å². The molecular weight excluding hydrogens is 508 g/mol. The number of halogens is 1. The quantitative estimate of drug-likeness (QED) is 0.199. The average Bonchev–Trinajstić information content (AvgIpc) is 3.01. The van der Waals surface area contributed by atoms with Crippen LogP contribution in [-0.2, 0) is 16.1 Å². The molecule has 4 rings (SSSR count). The molecule has 0 amide bonds. The van der Waals surface area contributed by atoms with Crippen LogP contribution in [0.25, 0.3) is 0 Å². The van der Waals surface area contributed by atoms with Gasteiger partial charge in [0.25, 0.3) is 0 Å². The van der Waals surface area contributed by atoms with Gasteiger partial charge in [-0.25, -0.2) is 4.98 Å². The Bertz CT molecular complexity index is 1240. The van der Waals surface area contributed by atoms with E-state index in [0.717, 1.165) is 42.2 Å². The molecule has 2 heterocycles. The highest BCUT2D eigenvalue weighted by Gasteiger charge is 2.27. The maximum atomic E-state index is 6.50. The molecule has 0 aliphatic carbocycles. The van der Waals surface area contributed by atoms with Crippen molar-refractivity contribution in [1.29, 1.82) is 0 Å². The van der Waals surface area contributed by atoms with Crippen LogP contribution >= 0.6 is 23.8 Å². The number of benzene rings is 2. The number of ether oxygens (including phenoxy) is 1. The molecule has 1 aliphatic heterocycles. The van der Waals surface area contributed by atoms with Crippen molar-refractivity contribution in [2.24, 2.45) is 0 Å². The monoisotopic (exact) mass is 542 g/mol. The van der Waals surface area contributed by atoms with Gasteiger partial charge in [-0.3, -0.25) is 8.49 Å². The van der Waals surface area contributed by atoms with E-state index in [4.69, 9.17) is 20.5 Å². The number of nitrogens with one attached hydrogen (secondary N) is 3. The highest BCUT2D eigenvalue weighted by atomic mass is 35.5. The van der Waals surface area contributed by atoms with Gasteiger partial charge in [0.15, 0.2) is 5.82 Å². The smallest absolute Gasteiger partial charge is 0.229 e. The Morgan fingerprint density at radius 1 is 1.16 bits per heavy atom. The fourth-order valence-electron chi connectivity index (χ4n) is 4.26. The third-order valence-corrected chi connectivity index (χ3v) is 7.29. The summed E-state index contributed by atoms with van der Waals surface area (Å²) in [6, 6.07) is 12.2. The molecule has 3 N–H and O–H groups in total. The van der Waals surface area contributed by atoms with Crippen molar-refractivity contribution in [2.75, 3.05) is 35.6 Å².